The van der Waals surface area contributed by atoms with Crippen molar-refractivity contribution >= 4 is 21.4 Å². The lowest BCUT2D eigenvalue weighted by atomic mass is 10.2. The quantitative estimate of drug-likeness (QED) is 0.553. The van der Waals surface area contributed by atoms with Crippen LogP contribution in [0, 0.1) is 10.1 Å². The first kappa shape index (κ1) is 17.2. The van der Waals surface area contributed by atoms with Gasteiger partial charge in [0.25, 0.3) is 5.69 Å². The van der Waals surface area contributed by atoms with Gasteiger partial charge in [-0.05, 0) is 6.07 Å². The van der Waals surface area contributed by atoms with E-state index in [-0.39, 0.29) is 28.9 Å². The lowest BCUT2D eigenvalue weighted by Crippen LogP contribution is -2.31. The molecule has 21 heavy (non-hydrogen) atoms. The van der Waals surface area contributed by atoms with Crippen molar-refractivity contribution in [3.8, 4) is 5.75 Å². The number of sulfonamides is 1. The summed E-state index contributed by atoms with van der Waals surface area (Å²) in [7, 11) is -2.24. The second-order valence-corrected chi connectivity index (χ2v) is 6.51. The normalized spacial score (nSPS) is 11.4. The summed E-state index contributed by atoms with van der Waals surface area (Å²) in [5.74, 6) is -0.00436. The van der Waals surface area contributed by atoms with Gasteiger partial charge in [-0.15, -0.1) is 0 Å². The smallest absolute Gasteiger partial charge is 0.273 e. The molecule has 118 valence electrons. The van der Waals surface area contributed by atoms with E-state index in [4.69, 9.17) is 4.74 Å². The number of methoxy groups -OCH3 is 1. The SMILES string of the molecule is COc1cc([N+](=O)[O-])ccc1NS(=O)(=O)CCNC(C)C. The molecule has 1 aromatic carbocycles. The molecule has 1 aromatic rings. The largest absolute Gasteiger partial charge is 0.494 e. The van der Waals surface area contributed by atoms with Crippen molar-refractivity contribution in [3.05, 3.63) is 28.3 Å². The molecule has 1 rings (SSSR count). The van der Waals surface area contributed by atoms with Gasteiger partial charge >= 0.3 is 0 Å². The molecule has 0 atom stereocenters. The monoisotopic (exact) mass is 317 g/mol. The molecule has 0 aliphatic rings. The summed E-state index contributed by atoms with van der Waals surface area (Å²) in [5.41, 5.74) is 0.00363. The van der Waals surface area contributed by atoms with Crippen molar-refractivity contribution in [2.45, 2.75) is 19.9 Å². The Hall–Kier alpha value is -1.87. The minimum atomic E-state index is -3.56. The van der Waals surface area contributed by atoms with Crippen molar-refractivity contribution in [3.63, 3.8) is 0 Å². The molecule has 0 spiro atoms. The zero-order valence-corrected chi connectivity index (χ0v) is 12.9. The van der Waals surface area contributed by atoms with Gasteiger partial charge in [0.1, 0.15) is 5.75 Å². The number of nitrogens with one attached hydrogen (secondary N) is 2. The van der Waals surface area contributed by atoms with Crippen molar-refractivity contribution in [2.24, 2.45) is 0 Å². The first-order valence-electron chi connectivity index (χ1n) is 6.31. The summed E-state index contributed by atoms with van der Waals surface area (Å²) in [6.45, 7) is 4.14. The Morgan fingerprint density at radius 2 is 2.05 bits per heavy atom. The van der Waals surface area contributed by atoms with Gasteiger partial charge in [0.15, 0.2) is 0 Å². The molecule has 0 unspecified atom stereocenters. The number of rotatable bonds is 8. The fourth-order valence-electron chi connectivity index (χ4n) is 1.58. The van der Waals surface area contributed by atoms with Crippen LogP contribution in [0.15, 0.2) is 18.2 Å². The van der Waals surface area contributed by atoms with Crippen LogP contribution in [0.4, 0.5) is 11.4 Å². The number of nitrogens with zero attached hydrogens (tertiary/aromatic N) is 1. The fourth-order valence-corrected chi connectivity index (χ4v) is 2.57. The number of ether oxygens (including phenoxy) is 1. The van der Waals surface area contributed by atoms with Crippen molar-refractivity contribution in [1.82, 2.24) is 5.32 Å². The molecule has 0 aromatic heterocycles. The highest BCUT2D eigenvalue weighted by Gasteiger charge is 2.16. The van der Waals surface area contributed by atoms with E-state index in [0.717, 1.165) is 0 Å². The maximum atomic E-state index is 11.9. The molecule has 0 bridgehead atoms. The minimum Gasteiger partial charge on any atom is -0.494 e. The molecular weight excluding hydrogens is 298 g/mol. The molecule has 0 aliphatic carbocycles. The summed E-state index contributed by atoms with van der Waals surface area (Å²) < 4.78 is 31.2. The van der Waals surface area contributed by atoms with E-state index in [9.17, 15) is 18.5 Å². The number of benzene rings is 1. The molecule has 0 saturated carbocycles. The first-order valence-corrected chi connectivity index (χ1v) is 7.96. The zero-order chi connectivity index (χ0) is 16.0. The third-order valence-corrected chi connectivity index (χ3v) is 3.86. The molecule has 0 amide bonds. The lowest BCUT2D eigenvalue weighted by molar-refractivity contribution is -0.384. The number of hydrogen-bond donors (Lipinski definition) is 2. The summed E-state index contributed by atoms with van der Waals surface area (Å²) in [4.78, 5) is 10.1. The average molecular weight is 317 g/mol. The summed E-state index contributed by atoms with van der Waals surface area (Å²) >= 11 is 0. The van der Waals surface area contributed by atoms with E-state index in [2.05, 4.69) is 10.0 Å². The van der Waals surface area contributed by atoms with Crippen LogP contribution >= 0.6 is 0 Å². The Labute approximate surface area is 123 Å². The fraction of sp³-hybridized carbons (Fsp3) is 0.500. The van der Waals surface area contributed by atoms with Crippen LogP contribution in [0.3, 0.4) is 0 Å². The van der Waals surface area contributed by atoms with Gasteiger partial charge in [0.2, 0.25) is 10.0 Å². The molecule has 0 saturated heterocycles. The molecule has 0 heterocycles. The van der Waals surface area contributed by atoms with Gasteiger partial charge in [0.05, 0.1) is 29.5 Å². The van der Waals surface area contributed by atoms with E-state index in [1.165, 1.54) is 25.3 Å². The minimum absolute atomic E-state index is 0.101. The van der Waals surface area contributed by atoms with E-state index in [1.54, 1.807) is 0 Å². The van der Waals surface area contributed by atoms with E-state index in [0.29, 0.717) is 6.54 Å². The van der Waals surface area contributed by atoms with Gasteiger partial charge < -0.3 is 10.1 Å². The lowest BCUT2D eigenvalue weighted by Gasteiger charge is -2.12. The van der Waals surface area contributed by atoms with Gasteiger partial charge in [-0.25, -0.2) is 8.42 Å². The third-order valence-electron chi connectivity index (χ3n) is 2.58. The van der Waals surface area contributed by atoms with Crippen LogP contribution in [0.1, 0.15) is 13.8 Å². The molecule has 0 aliphatic heterocycles. The first-order chi connectivity index (χ1) is 9.75. The average Bonchev–Trinajstić information content (AvgIpc) is 2.37. The molecule has 0 fully saturated rings. The van der Waals surface area contributed by atoms with Crippen LogP contribution in [-0.4, -0.2) is 38.8 Å². The van der Waals surface area contributed by atoms with Crippen LogP contribution in [0.5, 0.6) is 5.75 Å². The van der Waals surface area contributed by atoms with Gasteiger partial charge in [-0.2, -0.15) is 0 Å². The Kier molecular flexibility index (Phi) is 5.91. The van der Waals surface area contributed by atoms with Gasteiger partial charge in [0, 0.05) is 18.7 Å². The molecular formula is C12H19N3O5S. The van der Waals surface area contributed by atoms with Gasteiger partial charge in [-0.1, -0.05) is 13.8 Å². The molecule has 8 nitrogen and oxygen atoms in total. The van der Waals surface area contributed by atoms with E-state index in [1.807, 2.05) is 13.8 Å². The van der Waals surface area contributed by atoms with E-state index >= 15 is 0 Å². The maximum Gasteiger partial charge on any atom is 0.273 e. The number of non-ortho nitro benzene ring substituents is 1. The predicted octanol–water partition coefficient (Wildman–Crippen LogP) is 1.34. The van der Waals surface area contributed by atoms with Gasteiger partial charge in [-0.3, -0.25) is 14.8 Å². The topological polar surface area (TPSA) is 111 Å². The summed E-state index contributed by atoms with van der Waals surface area (Å²) in [6.07, 6.45) is 0. The Bertz CT molecular complexity index is 601. The van der Waals surface area contributed by atoms with Crippen LogP contribution < -0.4 is 14.8 Å². The highest BCUT2D eigenvalue weighted by molar-refractivity contribution is 7.92. The van der Waals surface area contributed by atoms with Crippen LogP contribution in [0.25, 0.3) is 0 Å². The number of nitro groups is 1. The Morgan fingerprint density at radius 1 is 1.38 bits per heavy atom. The predicted molar refractivity (Wildman–Crippen MR) is 80.2 cm³/mol. The van der Waals surface area contributed by atoms with Crippen LogP contribution in [0.2, 0.25) is 0 Å². The highest BCUT2D eigenvalue weighted by Crippen LogP contribution is 2.29. The van der Waals surface area contributed by atoms with Crippen molar-refractivity contribution in [1.29, 1.82) is 0 Å². The molecule has 2 N–H and O–H groups in total. The number of anilines is 1. The van der Waals surface area contributed by atoms with Crippen LogP contribution in [-0.2, 0) is 10.0 Å². The zero-order valence-electron chi connectivity index (χ0n) is 12.1. The second kappa shape index (κ2) is 7.23. The molecule has 0 radical (unpaired) electrons. The third kappa shape index (κ3) is 5.56. The summed E-state index contributed by atoms with van der Waals surface area (Å²) in [5, 5.41) is 13.7. The number of nitro benzene ring substituents is 1. The highest BCUT2D eigenvalue weighted by atomic mass is 32.2. The standard InChI is InChI=1S/C12H19N3O5S/c1-9(2)13-6-7-21(18,19)14-11-5-4-10(15(16)17)8-12(11)20-3/h4-5,8-9,13-14H,6-7H2,1-3H3. The van der Waals surface area contributed by atoms with Crippen molar-refractivity contribution in [2.75, 3.05) is 24.1 Å². The van der Waals surface area contributed by atoms with E-state index < -0.39 is 14.9 Å². The Morgan fingerprint density at radius 3 is 2.57 bits per heavy atom. The maximum absolute atomic E-state index is 11.9. The summed E-state index contributed by atoms with van der Waals surface area (Å²) in [6, 6.07) is 3.88. The Balaban J connectivity index is 2.84. The number of hydrogen-bond acceptors (Lipinski definition) is 6. The molecule has 9 heteroatoms. The van der Waals surface area contributed by atoms with Crippen molar-refractivity contribution < 1.29 is 18.1 Å². The second-order valence-electron chi connectivity index (χ2n) is 4.67.